The van der Waals surface area contributed by atoms with E-state index in [1.807, 2.05) is 24.3 Å². The molecule has 0 radical (unpaired) electrons. The van der Waals surface area contributed by atoms with Crippen LogP contribution in [0.15, 0.2) is 24.3 Å². The van der Waals surface area contributed by atoms with Crippen molar-refractivity contribution in [2.24, 2.45) is 5.73 Å². The molecule has 0 bridgehead atoms. The molecule has 70 valence electrons. The summed E-state index contributed by atoms with van der Waals surface area (Å²) in [5.41, 5.74) is 6.94. The standard InChI is InChI=1S/C10H14N2O/c1-7(2)8-5-3-4-6-9(8)12-10(11)13/h3-7H,1-2H3,(H3,11,12,13). The highest BCUT2D eigenvalue weighted by molar-refractivity contribution is 5.88. The lowest BCUT2D eigenvalue weighted by Gasteiger charge is -2.11. The molecule has 0 spiro atoms. The molecule has 0 saturated carbocycles. The number of rotatable bonds is 2. The average molecular weight is 178 g/mol. The topological polar surface area (TPSA) is 55.1 Å². The first-order valence-corrected chi connectivity index (χ1v) is 4.26. The first-order chi connectivity index (χ1) is 6.11. The van der Waals surface area contributed by atoms with Crippen LogP contribution >= 0.6 is 0 Å². The van der Waals surface area contributed by atoms with Crippen LogP contribution in [-0.2, 0) is 0 Å². The molecule has 3 N–H and O–H groups in total. The molecule has 1 aromatic rings. The smallest absolute Gasteiger partial charge is 0.316 e. The van der Waals surface area contributed by atoms with Crippen molar-refractivity contribution >= 4 is 11.7 Å². The van der Waals surface area contributed by atoms with Crippen LogP contribution in [0.25, 0.3) is 0 Å². The number of nitrogens with two attached hydrogens (primary N) is 1. The summed E-state index contributed by atoms with van der Waals surface area (Å²) in [4.78, 5) is 10.7. The van der Waals surface area contributed by atoms with Crippen molar-refractivity contribution in [3.63, 3.8) is 0 Å². The number of para-hydroxylation sites is 1. The molecule has 3 heteroatoms. The van der Waals surface area contributed by atoms with Crippen molar-refractivity contribution < 1.29 is 4.79 Å². The van der Waals surface area contributed by atoms with Crippen LogP contribution in [0.2, 0.25) is 0 Å². The molecule has 3 nitrogen and oxygen atoms in total. The Labute approximate surface area is 77.9 Å². The molecule has 0 saturated heterocycles. The summed E-state index contributed by atoms with van der Waals surface area (Å²) in [6, 6.07) is 7.13. The number of carbonyl (C=O) groups is 1. The molecule has 0 atom stereocenters. The maximum absolute atomic E-state index is 10.7. The zero-order valence-electron chi connectivity index (χ0n) is 7.87. The van der Waals surface area contributed by atoms with Gasteiger partial charge in [-0.3, -0.25) is 0 Å². The number of amides is 2. The fourth-order valence-corrected chi connectivity index (χ4v) is 1.25. The SMILES string of the molecule is CC(C)c1ccccc1NC(N)=O. The molecule has 0 aliphatic rings. The lowest BCUT2D eigenvalue weighted by atomic mass is 10.0. The van der Waals surface area contributed by atoms with Crippen molar-refractivity contribution in [2.45, 2.75) is 19.8 Å². The molecule has 0 aromatic heterocycles. The fourth-order valence-electron chi connectivity index (χ4n) is 1.25. The molecule has 0 aliphatic carbocycles. The van der Waals surface area contributed by atoms with E-state index in [2.05, 4.69) is 19.2 Å². The zero-order chi connectivity index (χ0) is 9.84. The predicted octanol–water partition coefficient (Wildman–Crippen LogP) is 2.30. The lowest BCUT2D eigenvalue weighted by Crippen LogP contribution is -2.20. The Balaban J connectivity index is 2.97. The van der Waals surface area contributed by atoms with Gasteiger partial charge in [0.1, 0.15) is 0 Å². The molecule has 0 unspecified atom stereocenters. The van der Waals surface area contributed by atoms with Crippen LogP contribution in [0.1, 0.15) is 25.3 Å². The minimum Gasteiger partial charge on any atom is -0.351 e. The summed E-state index contributed by atoms with van der Waals surface area (Å²) in [5.74, 6) is 0.378. The summed E-state index contributed by atoms with van der Waals surface area (Å²) in [6.07, 6.45) is 0. The van der Waals surface area contributed by atoms with Crippen LogP contribution < -0.4 is 11.1 Å². The Morgan fingerprint density at radius 2 is 2.00 bits per heavy atom. The third-order valence-electron chi connectivity index (χ3n) is 1.84. The van der Waals surface area contributed by atoms with E-state index >= 15 is 0 Å². The van der Waals surface area contributed by atoms with Crippen LogP contribution in [0, 0.1) is 0 Å². The monoisotopic (exact) mass is 178 g/mol. The van der Waals surface area contributed by atoms with Crippen molar-refractivity contribution in [3.8, 4) is 0 Å². The van der Waals surface area contributed by atoms with Crippen LogP contribution in [0.4, 0.5) is 10.5 Å². The summed E-state index contributed by atoms with van der Waals surface area (Å²) < 4.78 is 0. The van der Waals surface area contributed by atoms with Crippen LogP contribution in [-0.4, -0.2) is 6.03 Å². The normalized spacial score (nSPS) is 10.1. The van der Waals surface area contributed by atoms with Gasteiger partial charge in [-0.25, -0.2) is 4.79 Å². The molecular weight excluding hydrogens is 164 g/mol. The van der Waals surface area contributed by atoms with Gasteiger partial charge in [-0.05, 0) is 17.5 Å². The summed E-state index contributed by atoms with van der Waals surface area (Å²) >= 11 is 0. The van der Waals surface area contributed by atoms with E-state index in [1.54, 1.807) is 0 Å². The van der Waals surface area contributed by atoms with Crippen molar-refractivity contribution in [1.82, 2.24) is 0 Å². The molecular formula is C10H14N2O. The Bertz CT molecular complexity index is 308. The van der Waals surface area contributed by atoms with Crippen molar-refractivity contribution in [1.29, 1.82) is 0 Å². The van der Waals surface area contributed by atoms with Crippen LogP contribution in [0.5, 0.6) is 0 Å². The summed E-state index contributed by atoms with van der Waals surface area (Å²) in [6.45, 7) is 4.14. The Kier molecular flexibility index (Phi) is 2.90. The van der Waals surface area contributed by atoms with Gasteiger partial charge in [-0.15, -0.1) is 0 Å². The maximum Gasteiger partial charge on any atom is 0.316 e. The van der Waals surface area contributed by atoms with Gasteiger partial charge in [0.05, 0.1) is 0 Å². The summed E-state index contributed by atoms with van der Waals surface area (Å²) in [5, 5.41) is 2.59. The van der Waals surface area contributed by atoms with E-state index in [9.17, 15) is 4.79 Å². The van der Waals surface area contributed by atoms with Gasteiger partial charge in [0.25, 0.3) is 0 Å². The molecule has 2 amide bonds. The van der Waals surface area contributed by atoms with E-state index in [-0.39, 0.29) is 0 Å². The number of hydrogen-bond donors (Lipinski definition) is 2. The predicted molar refractivity (Wildman–Crippen MR) is 53.7 cm³/mol. The highest BCUT2D eigenvalue weighted by atomic mass is 16.2. The minimum absolute atomic E-state index is 0.378. The number of nitrogens with one attached hydrogen (secondary N) is 1. The van der Waals surface area contributed by atoms with E-state index in [4.69, 9.17) is 5.73 Å². The Morgan fingerprint density at radius 1 is 1.38 bits per heavy atom. The second kappa shape index (κ2) is 3.94. The van der Waals surface area contributed by atoms with Gasteiger partial charge in [-0.1, -0.05) is 32.0 Å². The van der Waals surface area contributed by atoms with Gasteiger partial charge < -0.3 is 11.1 Å². The molecule has 1 aromatic carbocycles. The number of hydrogen-bond acceptors (Lipinski definition) is 1. The number of benzene rings is 1. The van der Waals surface area contributed by atoms with Gasteiger partial charge in [-0.2, -0.15) is 0 Å². The third kappa shape index (κ3) is 2.47. The average Bonchev–Trinajstić information content (AvgIpc) is 2.03. The quantitative estimate of drug-likeness (QED) is 0.717. The highest BCUT2D eigenvalue weighted by Crippen LogP contribution is 2.23. The maximum atomic E-state index is 10.7. The second-order valence-electron chi connectivity index (χ2n) is 3.23. The number of carbonyl (C=O) groups excluding carboxylic acids is 1. The van der Waals surface area contributed by atoms with Gasteiger partial charge in [0.2, 0.25) is 0 Å². The van der Waals surface area contributed by atoms with E-state index in [0.29, 0.717) is 5.92 Å². The fraction of sp³-hybridized carbons (Fsp3) is 0.300. The van der Waals surface area contributed by atoms with Crippen molar-refractivity contribution in [3.05, 3.63) is 29.8 Å². The lowest BCUT2D eigenvalue weighted by molar-refractivity contribution is 0.259. The number of anilines is 1. The van der Waals surface area contributed by atoms with Gasteiger partial charge >= 0.3 is 6.03 Å². The third-order valence-corrected chi connectivity index (χ3v) is 1.84. The zero-order valence-corrected chi connectivity index (χ0v) is 7.87. The molecule has 13 heavy (non-hydrogen) atoms. The number of urea groups is 1. The first kappa shape index (κ1) is 9.58. The van der Waals surface area contributed by atoms with Gasteiger partial charge in [0.15, 0.2) is 0 Å². The molecule has 0 fully saturated rings. The van der Waals surface area contributed by atoms with Crippen molar-refractivity contribution in [2.75, 3.05) is 5.32 Å². The largest absolute Gasteiger partial charge is 0.351 e. The first-order valence-electron chi connectivity index (χ1n) is 4.26. The number of primary amides is 1. The Hall–Kier alpha value is -1.51. The van der Waals surface area contributed by atoms with E-state index < -0.39 is 6.03 Å². The van der Waals surface area contributed by atoms with Gasteiger partial charge in [0, 0.05) is 5.69 Å². The van der Waals surface area contributed by atoms with E-state index in [1.165, 1.54) is 0 Å². The van der Waals surface area contributed by atoms with E-state index in [0.717, 1.165) is 11.3 Å². The molecule has 0 heterocycles. The molecule has 0 aliphatic heterocycles. The molecule has 1 rings (SSSR count). The Morgan fingerprint density at radius 3 is 2.54 bits per heavy atom. The highest BCUT2D eigenvalue weighted by Gasteiger charge is 2.05. The second-order valence-corrected chi connectivity index (χ2v) is 3.23. The minimum atomic E-state index is -0.520. The van der Waals surface area contributed by atoms with Crippen LogP contribution in [0.3, 0.4) is 0 Å². The summed E-state index contributed by atoms with van der Waals surface area (Å²) in [7, 11) is 0.